The largest absolute Gasteiger partial charge is 0.451 e. The van der Waals surface area contributed by atoms with Gasteiger partial charge in [-0.05, 0) is 36.4 Å². The highest BCUT2D eigenvalue weighted by Gasteiger charge is 2.13. The summed E-state index contributed by atoms with van der Waals surface area (Å²) in [6.45, 7) is 0. The molecule has 2 aromatic heterocycles. The van der Waals surface area contributed by atoms with Gasteiger partial charge in [0.15, 0.2) is 5.76 Å². The van der Waals surface area contributed by atoms with Crippen LogP contribution in [-0.2, 0) is 0 Å². The Morgan fingerprint density at radius 2 is 1.76 bits per heavy atom. The lowest BCUT2D eigenvalue weighted by atomic mass is 10.1. The summed E-state index contributed by atoms with van der Waals surface area (Å²) in [7, 11) is 0. The molecule has 5 heteroatoms. The van der Waals surface area contributed by atoms with Gasteiger partial charge in [0.2, 0.25) is 0 Å². The number of aromatic nitrogens is 2. The van der Waals surface area contributed by atoms with E-state index in [1.54, 1.807) is 18.3 Å². The Morgan fingerprint density at radius 1 is 0.920 bits per heavy atom. The zero-order chi connectivity index (χ0) is 17.1. The summed E-state index contributed by atoms with van der Waals surface area (Å²) in [4.78, 5) is 12.3. The van der Waals surface area contributed by atoms with Gasteiger partial charge < -0.3 is 9.73 Å². The molecule has 0 radical (unpaired) electrons. The minimum atomic E-state index is -0.276. The smallest absolute Gasteiger partial charge is 0.291 e. The van der Waals surface area contributed by atoms with Gasteiger partial charge in [0.05, 0.1) is 5.69 Å². The fourth-order valence-electron chi connectivity index (χ4n) is 2.59. The number of nitrogens with one attached hydrogen (secondary N) is 2. The molecule has 122 valence electrons. The third-order valence-corrected chi connectivity index (χ3v) is 3.82. The molecule has 1 amide bonds. The van der Waals surface area contributed by atoms with E-state index in [1.807, 2.05) is 60.7 Å². The van der Waals surface area contributed by atoms with Crippen LogP contribution >= 0.6 is 0 Å². The highest BCUT2D eigenvalue weighted by molar-refractivity contribution is 6.02. The molecule has 0 atom stereocenters. The highest BCUT2D eigenvalue weighted by atomic mass is 16.3. The molecule has 2 heterocycles. The fraction of sp³-hybridized carbons (Fsp3) is 0. The highest BCUT2D eigenvalue weighted by Crippen LogP contribution is 2.27. The van der Waals surface area contributed by atoms with E-state index in [0.29, 0.717) is 5.76 Å². The van der Waals surface area contributed by atoms with E-state index < -0.39 is 0 Å². The molecular formula is C20H15N3O2. The van der Waals surface area contributed by atoms with Crippen molar-refractivity contribution in [3.8, 4) is 22.6 Å². The van der Waals surface area contributed by atoms with E-state index in [2.05, 4.69) is 15.5 Å². The van der Waals surface area contributed by atoms with Crippen LogP contribution in [0, 0.1) is 0 Å². The Bertz CT molecular complexity index is 989. The SMILES string of the molecule is O=C(Nc1ccccc1)c1ccc(-c2cccc(-c3ccn[nH]3)c2)o1. The summed E-state index contributed by atoms with van der Waals surface area (Å²) in [6.07, 6.45) is 1.71. The molecule has 2 aromatic carbocycles. The van der Waals surface area contributed by atoms with Crippen molar-refractivity contribution in [1.29, 1.82) is 0 Å². The molecule has 0 unspecified atom stereocenters. The number of rotatable bonds is 4. The molecule has 0 aliphatic rings. The van der Waals surface area contributed by atoms with Gasteiger partial charge in [-0.15, -0.1) is 0 Å². The lowest BCUT2D eigenvalue weighted by Gasteiger charge is -2.03. The van der Waals surface area contributed by atoms with E-state index in [1.165, 1.54) is 0 Å². The van der Waals surface area contributed by atoms with Gasteiger partial charge in [-0.1, -0.05) is 36.4 Å². The standard InChI is InChI=1S/C20H15N3O2/c24-20(22-16-7-2-1-3-8-16)19-10-9-18(25-19)15-6-4-5-14(13-15)17-11-12-21-23-17/h1-13H,(H,21,23)(H,22,24). The van der Waals surface area contributed by atoms with Gasteiger partial charge in [-0.25, -0.2) is 0 Å². The van der Waals surface area contributed by atoms with E-state index in [0.717, 1.165) is 22.5 Å². The first-order chi connectivity index (χ1) is 12.3. The molecule has 0 fully saturated rings. The maximum absolute atomic E-state index is 12.3. The molecule has 0 saturated carbocycles. The summed E-state index contributed by atoms with van der Waals surface area (Å²) in [6, 6.07) is 22.5. The maximum Gasteiger partial charge on any atom is 0.291 e. The second-order valence-corrected chi connectivity index (χ2v) is 5.54. The predicted octanol–water partition coefficient (Wildman–Crippen LogP) is 4.59. The van der Waals surface area contributed by atoms with Crippen LogP contribution in [0.1, 0.15) is 10.6 Å². The van der Waals surface area contributed by atoms with Crippen molar-refractivity contribution in [1.82, 2.24) is 10.2 Å². The van der Waals surface area contributed by atoms with E-state index in [-0.39, 0.29) is 11.7 Å². The van der Waals surface area contributed by atoms with Gasteiger partial charge in [0, 0.05) is 23.0 Å². The summed E-state index contributed by atoms with van der Waals surface area (Å²) in [5, 5.41) is 9.72. The average Bonchev–Trinajstić information content (AvgIpc) is 3.35. The minimum absolute atomic E-state index is 0.269. The van der Waals surface area contributed by atoms with Crippen LogP contribution in [0.4, 0.5) is 5.69 Å². The Balaban J connectivity index is 1.57. The number of hydrogen-bond acceptors (Lipinski definition) is 3. The quantitative estimate of drug-likeness (QED) is 0.575. The first kappa shape index (κ1) is 15.0. The van der Waals surface area contributed by atoms with Crippen molar-refractivity contribution >= 4 is 11.6 Å². The number of benzene rings is 2. The van der Waals surface area contributed by atoms with Crippen molar-refractivity contribution in [2.24, 2.45) is 0 Å². The molecule has 0 aliphatic heterocycles. The Kier molecular flexibility index (Phi) is 3.88. The number of amides is 1. The maximum atomic E-state index is 12.3. The molecule has 4 rings (SSSR count). The van der Waals surface area contributed by atoms with Crippen LogP contribution in [0.2, 0.25) is 0 Å². The fourth-order valence-corrected chi connectivity index (χ4v) is 2.59. The van der Waals surface area contributed by atoms with Crippen molar-refractivity contribution in [2.45, 2.75) is 0 Å². The third-order valence-electron chi connectivity index (χ3n) is 3.82. The Labute approximate surface area is 144 Å². The van der Waals surface area contributed by atoms with Crippen LogP contribution in [-0.4, -0.2) is 16.1 Å². The van der Waals surface area contributed by atoms with Crippen LogP contribution in [0.5, 0.6) is 0 Å². The van der Waals surface area contributed by atoms with Gasteiger partial charge in [-0.2, -0.15) is 5.10 Å². The van der Waals surface area contributed by atoms with Gasteiger partial charge in [-0.3, -0.25) is 9.89 Å². The number of carbonyl (C=O) groups excluding carboxylic acids is 1. The van der Waals surface area contributed by atoms with E-state index in [4.69, 9.17) is 4.42 Å². The molecular weight excluding hydrogens is 314 g/mol. The monoisotopic (exact) mass is 329 g/mol. The molecule has 25 heavy (non-hydrogen) atoms. The van der Waals surface area contributed by atoms with Crippen LogP contribution in [0.3, 0.4) is 0 Å². The summed E-state index contributed by atoms with van der Waals surface area (Å²) >= 11 is 0. The molecule has 5 nitrogen and oxygen atoms in total. The van der Waals surface area contributed by atoms with Crippen molar-refractivity contribution in [3.63, 3.8) is 0 Å². The van der Waals surface area contributed by atoms with Gasteiger partial charge in [0.25, 0.3) is 5.91 Å². The number of anilines is 1. The van der Waals surface area contributed by atoms with Crippen LogP contribution in [0.15, 0.2) is 83.4 Å². The molecule has 4 aromatic rings. The topological polar surface area (TPSA) is 70.9 Å². The Hall–Kier alpha value is -3.60. The van der Waals surface area contributed by atoms with Crippen molar-refractivity contribution in [3.05, 3.63) is 84.8 Å². The summed E-state index contributed by atoms with van der Waals surface area (Å²) in [5.74, 6) is 0.632. The number of hydrogen-bond donors (Lipinski definition) is 2. The van der Waals surface area contributed by atoms with Crippen molar-refractivity contribution < 1.29 is 9.21 Å². The van der Waals surface area contributed by atoms with Crippen molar-refractivity contribution in [2.75, 3.05) is 5.32 Å². The molecule has 0 aliphatic carbocycles. The van der Waals surface area contributed by atoms with Gasteiger partial charge in [0.1, 0.15) is 5.76 Å². The molecule has 2 N–H and O–H groups in total. The number of furan rings is 1. The summed E-state index contributed by atoms with van der Waals surface area (Å²) < 4.78 is 5.74. The first-order valence-electron chi connectivity index (χ1n) is 7.86. The van der Waals surface area contributed by atoms with Crippen LogP contribution in [0.25, 0.3) is 22.6 Å². The average molecular weight is 329 g/mol. The molecule has 0 bridgehead atoms. The lowest BCUT2D eigenvalue weighted by molar-refractivity contribution is 0.0997. The minimum Gasteiger partial charge on any atom is -0.451 e. The number of nitrogens with zero attached hydrogens (tertiary/aromatic N) is 1. The zero-order valence-corrected chi connectivity index (χ0v) is 13.3. The number of H-pyrrole nitrogens is 1. The summed E-state index contributed by atoms with van der Waals surface area (Å²) in [5.41, 5.74) is 3.55. The predicted molar refractivity (Wildman–Crippen MR) is 96.1 cm³/mol. The van der Waals surface area contributed by atoms with Crippen LogP contribution < -0.4 is 5.32 Å². The van der Waals surface area contributed by atoms with E-state index in [9.17, 15) is 4.79 Å². The number of aromatic amines is 1. The van der Waals surface area contributed by atoms with E-state index >= 15 is 0 Å². The lowest BCUT2D eigenvalue weighted by Crippen LogP contribution is -2.10. The molecule has 0 spiro atoms. The third kappa shape index (κ3) is 3.21. The normalized spacial score (nSPS) is 10.6. The first-order valence-corrected chi connectivity index (χ1v) is 7.86. The second kappa shape index (κ2) is 6.49. The molecule has 0 saturated heterocycles. The number of para-hydroxylation sites is 1. The second-order valence-electron chi connectivity index (χ2n) is 5.54. The number of carbonyl (C=O) groups is 1. The zero-order valence-electron chi connectivity index (χ0n) is 13.3. The van der Waals surface area contributed by atoms with Gasteiger partial charge >= 0.3 is 0 Å². The Morgan fingerprint density at radius 3 is 2.56 bits per heavy atom.